The number of hydrogen-bond donors (Lipinski definition) is 2. The van der Waals surface area contributed by atoms with Gasteiger partial charge in [0.05, 0.1) is 6.04 Å². The van der Waals surface area contributed by atoms with Crippen LogP contribution >= 0.6 is 0 Å². The molecule has 0 unspecified atom stereocenters. The zero-order chi connectivity index (χ0) is 15.7. The first-order valence-electron chi connectivity index (χ1n) is 7.89. The lowest BCUT2D eigenvalue weighted by molar-refractivity contribution is -0.122. The van der Waals surface area contributed by atoms with Crippen LogP contribution in [0, 0.1) is 0 Å². The summed E-state index contributed by atoms with van der Waals surface area (Å²) in [5.41, 5.74) is 8.59. The number of nitrogens with two attached hydrogens (primary N) is 1. The van der Waals surface area contributed by atoms with Crippen LogP contribution in [-0.2, 0) is 15.6 Å². The van der Waals surface area contributed by atoms with Crippen molar-refractivity contribution in [2.45, 2.75) is 63.8 Å². The van der Waals surface area contributed by atoms with Gasteiger partial charge in [-0.1, -0.05) is 51.5 Å². The number of carbonyl (C=O) groups is 1. The Morgan fingerprint density at radius 1 is 1.29 bits per heavy atom. The Kier molecular flexibility index (Phi) is 4.43. The highest BCUT2D eigenvalue weighted by molar-refractivity contribution is 5.81. The molecular weight excluding hydrogens is 260 g/mol. The SMILES string of the molecule is C[C@H](N)C(=O)NCC1(c2ccc(C(C)(C)C)cc2)CCC1. The molecule has 1 aromatic carbocycles. The lowest BCUT2D eigenvalue weighted by Gasteiger charge is -2.43. The molecule has 0 heterocycles. The highest BCUT2D eigenvalue weighted by Gasteiger charge is 2.39. The Bertz CT molecular complexity index is 493. The van der Waals surface area contributed by atoms with Gasteiger partial charge in [-0.3, -0.25) is 4.79 Å². The Morgan fingerprint density at radius 3 is 2.24 bits per heavy atom. The summed E-state index contributed by atoms with van der Waals surface area (Å²) in [6, 6.07) is 8.48. The van der Waals surface area contributed by atoms with Crippen molar-refractivity contribution in [3.8, 4) is 0 Å². The molecular formula is C18H28N2O. The quantitative estimate of drug-likeness (QED) is 0.895. The standard InChI is InChI=1S/C18H28N2O/c1-13(19)16(21)20-12-18(10-5-11-18)15-8-6-14(7-9-15)17(2,3)4/h6-9,13H,5,10-12,19H2,1-4H3,(H,20,21)/t13-/m0/s1. The summed E-state index contributed by atoms with van der Waals surface area (Å²) >= 11 is 0. The van der Waals surface area contributed by atoms with E-state index in [-0.39, 0.29) is 16.7 Å². The third kappa shape index (κ3) is 3.46. The van der Waals surface area contributed by atoms with E-state index in [9.17, 15) is 4.79 Å². The van der Waals surface area contributed by atoms with E-state index in [1.165, 1.54) is 17.5 Å². The van der Waals surface area contributed by atoms with Gasteiger partial charge in [0.1, 0.15) is 0 Å². The molecule has 0 saturated heterocycles. The number of nitrogens with one attached hydrogen (secondary N) is 1. The van der Waals surface area contributed by atoms with Crippen LogP contribution in [0.4, 0.5) is 0 Å². The molecule has 1 aromatic rings. The number of hydrogen-bond acceptors (Lipinski definition) is 2. The number of amides is 1. The minimum atomic E-state index is -0.439. The van der Waals surface area contributed by atoms with Crippen molar-refractivity contribution < 1.29 is 4.79 Å². The lowest BCUT2D eigenvalue weighted by Crippen LogP contribution is -2.49. The molecule has 1 atom stereocenters. The third-order valence-electron chi connectivity index (χ3n) is 4.69. The predicted octanol–water partition coefficient (Wildman–Crippen LogP) is 2.87. The maximum atomic E-state index is 11.7. The van der Waals surface area contributed by atoms with E-state index in [4.69, 9.17) is 5.73 Å². The molecule has 0 aliphatic heterocycles. The van der Waals surface area contributed by atoms with Crippen LogP contribution in [0.2, 0.25) is 0 Å². The Labute approximate surface area is 128 Å². The average molecular weight is 288 g/mol. The van der Waals surface area contributed by atoms with Gasteiger partial charge >= 0.3 is 0 Å². The maximum absolute atomic E-state index is 11.7. The number of rotatable bonds is 4. The molecule has 1 amide bonds. The molecule has 21 heavy (non-hydrogen) atoms. The molecule has 3 N–H and O–H groups in total. The zero-order valence-corrected chi connectivity index (χ0v) is 13.7. The molecule has 0 radical (unpaired) electrons. The van der Waals surface area contributed by atoms with E-state index < -0.39 is 6.04 Å². The first kappa shape index (κ1) is 16.0. The summed E-state index contributed by atoms with van der Waals surface area (Å²) in [5, 5.41) is 3.00. The highest BCUT2D eigenvalue weighted by Crippen LogP contribution is 2.43. The molecule has 1 aliphatic rings. The van der Waals surface area contributed by atoms with Crippen molar-refractivity contribution in [2.24, 2.45) is 5.73 Å². The first-order chi connectivity index (χ1) is 9.74. The summed E-state index contributed by atoms with van der Waals surface area (Å²) in [4.78, 5) is 11.7. The molecule has 0 aromatic heterocycles. The van der Waals surface area contributed by atoms with Gasteiger partial charge in [0.2, 0.25) is 5.91 Å². The molecule has 3 heteroatoms. The fourth-order valence-electron chi connectivity index (χ4n) is 2.91. The summed E-state index contributed by atoms with van der Waals surface area (Å²) in [5.74, 6) is -0.0624. The third-order valence-corrected chi connectivity index (χ3v) is 4.69. The van der Waals surface area contributed by atoms with Gasteiger partial charge in [0.25, 0.3) is 0 Å². The van der Waals surface area contributed by atoms with Crippen LogP contribution in [0.15, 0.2) is 24.3 Å². The summed E-state index contributed by atoms with van der Waals surface area (Å²) in [6.07, 6.45) is 3.51. The van der Waals surface area contributed by atoms with E-state index >= 15 is 0 Å². The molecule has 0 bridgehead atoms. The van der Waals surface area contributed by atoms with Crippen LogP contribution in [0.1, 0.15) is 58.1 Å². The van der Waals surface area contributed by atoms with E-state index in [2.05, 4.69) is 50.4 Å². The van der Waals surface area contributed by atoms with Crippen molar-refractivity contribution in [3.63, 3.8) is 0 Å². The largest absolute Gasteiger partial charge is 0.354 e. The molecule has 1 saturated carbocycles. The van der Waals surface area contributed by atoms with Gasteiger partial charge in [-0.15, -0.1) is 0 Å². The van der Waals surface area contributed by atoms with E-state index in [0.29, 0.717) is 6.54 Å². The van der Waals surface area contributed by atoms with Gasteiger partial charge in [0.15, 0.2) is 0 Å². The first-order valence-corrected chi connectivity index (χ1v) is 7.89. The fraction of sp³-hybridized carbons (Fsp3) is 0.611. The number of benzene rings is 1. The smallest absolute Gasteiger partial charge is 0.236 e. The zero-order valence-electron chi connectivity index (χ0n) is 13.7. The second-order valence-corrected chi connectivity index (χ2v) is 7.47. The van der Waals surface area contributed by atoms with Crippen molar-refractivity contribution in [3.05, 3.63) is 35.4 Å². The van der Waals surface area contributed by atoms with Crippen molar-refractivity contribution in [1.82, 2.24) is 5.32 Å². The second-order valence-electron chi connectivity index (χ2n) is 7.47. The molecule has 1 aliphatic carbocycles. The number of carbonyl (C=O) groups excluding carboxylic acids is 1. The second kappa shape index (κ2) is 5.80. The van der Waals surface area contributed by atoms with E-state index in [1.807, 2.05) is 0 Å². The molecule has 0 spiro atoms. The van der Waals surface area contributed by atoms with Crippen LogP contribution in [0.5, 0.6) is 0 Å². The van der Waals surface area contributed by atoms with Crippen LogP contribution in [0.3, 0.4) is 0 Å². The highest BCUT2D eigenvalue weighted by atomic mass is 16.2. The summed E-state index contributed by atoms with van der Waals surface area (Å²) in [6.45, 7) is 9.10. The van der Waals surface area contributed by atoms with Crippen LogP contribution in [-0.4, -0.2) is 18.5 Å². The molecule has 1 fully saturated rings. The lowest BCUT2D eigenvalue weighted by atomic mass is 9.64. The molecule has 2 rings (SSSR count). The predicted molar refractivity (Wildman–Crippen MR) is 87.3 cm³/mol. The molecule has 116 valence electrons. The summed E-state index contributed by atoms with van der Waals surface area (Å²) in [7, 11) is 0. The van der Waals surface area contributed by atoms with E-state index in [0.717, 1.165) is 12.8 Å². The van der Waals surface area contributed by atoms with Gasteiger partial charge in [0, 0.05) is 12.0 Å². The average Bonchev–Trinajstić information content (AvgIpc) is 2.36. The topological polar surface area (TPSA) is 55.1 Å². The normalized spacial score (nSPS) is 18.7. The van der Waals surface area contributed by atoms with Crippen LogP contribution < -0.4 is 11.1 Å². The maximum Gasteiger partial charge on any atom is 0.236 e. The van der Waals surface area contributed by atoms with E-state index in [1.54, 1.807) is 6.92 Å². The van der Waals surface area contributed by atoms with Crippen molar-refractivity contribution in [2.75, 3.05) is 6.54 Å². The van der Waals surface area contributed by atoms with Crippen molar-refractivity contribution >= 4 is 5.91 Å². The Balaban J connectivity index is 2.12. The summed E-state index contributed by atoms with van der Waals surface area (Å²) < 4.78 is 0. The minimum Gasteiger partial charge on any atom is -0.354 e. The van der Waals surface area contributed by atoms with Crippen LogP contribution in [0.25, 0.3) is 0 Å². The van der Waals surface area contributed by atoms with Gasteiger partial charge < -0.3 is 11.1 Å². The van der Waals surface area contributed by atoms with Gasteiger partial charge in [-0.25, -0.2) is 0 Å². The van der Waals surface area contributed by atoms with Gasteiger partial charge in [-0.2, -0.15) is 0 Å². The molecule has 3 nitrogen and oxygen atoms in total. The minimum absolute atomic E-state index is 0.0624. The Morgan fingerprint density at radius 2 is 1.86 bits per heavy atom. The fourth-order valence-corrected chi connectivity index (χ4v) is 2.91. The monoisotopic (exact) mass is 288 g/mol. The Hall–Kier alpha value is -1.35. The van der Waals surface area contributed by atoms with Gasteiger partial charge in [-0.05, 0) is 36.3 Å². The van der Waals surface area contributed by atoms with Crippen molar-refractivity contribution in [1.29, 1.82) is 0 Å².